The molecule has 7 heteroatoms. The van der Waals surface area contributed by atoms with Gasteiger partial charge in [0.15, 0.2) is 0 Å². The van der Waals surface area contributed by atoms with Gasteiger partial charge in [-0.05, 0) is 22.6 Å². The lowest BCUT2D eigenvalue weighted by Gasteiger charge is -2.33. The van der Waals surface area contributed by atoms with Crippen LogP contribution in [-0.2, 0) is 13.1 Å². The standard InChI is InChI=1S/C20H26N6O/c1-2-19(20-21-22-23-26(20)16-18-9-6-14-27-18)25-12-10-24(11-13-25)15-17-7-4-3-5-8-17/h3-9,14,19H,2,10-13,15-16H2,1H3/p+2/t19-/m0/s1. The predicted molar refractivity (Wildman–Crippen MR) is 100 cm³/mol. The quantitative estimate of drug-likeness (QED) is 0.604. The van der Waals surface area contributed by atoms with E-state index in [1.807, 2.05) is 16.8 Å². The van der Waals surface area contributed by atoms with Gasteiger partial charge in [0.1, 0.15) is 51.1 Å². The number of rotatable bonds is 7. The van der Waals surface area contributed by atoms with Crippen LogP contribution in [0, 0.1) is 0 Å². The Hall–Kier alpha value is -2.51. The van der Waals surface area contributed by atoms with Crippen LogP contribution in [0.1, 0.15) is 36.5 Å². The summed E-state index contributed by atoms with van der Waals surface area (Å²) in [6, 6.07) is 15.0. The van der Waals surface area contributed by atoms with Crippen molar-refractivity contribution < 1.29 is 14.2 Å². The van der Waals surface area contributed by atoms with Crippen LogP contribution in [0.4, 0.5) is 0 Å². The molecule has 3 heterocycles. The SMILES string of the molecule is CC[C@@H](c1nnnn1Cc1ccco1)[NH+]1CC[NH+](Cc2ccccc2)CC1. The van der Waals surface area contributed by atoms with Crippen LogP contribution in [0.5, 0.6) is 0 Å². The second kappa shape index (κ2) is 8.45. The maximum absolute atomic E-state index is 5.46. The largest absolute Gasteiger partial charge is 0.467 e. The minimum absolute atomic E-state index is 0.327. The monoisotopic (exact) mass is 368 g/mol. The number of aromatic nitrogens is 4. The van der Waals surface area contributed by atoms with Crippen molar-refractivity contribution in [1.82, 2.24) is 20.2 Å². The molecule has 0 saturated carbocycles. The maximum Gasteiger partial charge on any atom is 0.209 e. The van der Waals surface area contributed by atoms with E-state index in [-0.39, 0.29) is 0 Å². The number of hydrogen-bond donors (Lipinski definition) is 2. The molecule has 2 aromatic heterocycles. The lowest BCUT2D eigenvalue weighted by atomic mass is 10.1. The second-order valence-corrected chi connectivity index (χ2v) is 7.31. The molecular formula is C20H28N6O+2. The van der Waals surface area contributed by atoms with Crippen LogP contribution in [0.2, 0.25) is 0 Å². The molecule has 0 aliphatic carbocycles. The van der Waals surface area contributed by atoms with Crippen LogP contribution in [0.25, 0.3) is 0 Å². The maximum atomic E-state index is 5.46. The average Bonchev–Trinajstić information content (AvgIpc) is 3.38. The smallest absolute Gasteiger partial charge is 0.209 e. The highest BCUT2D eigenvalue weighted by Gasteiger charge is 2.33. The van der Waals surface area contributed by atoms with Gasteiger partial charge in [-0.25, -0.2) is 4.68 Å². The van der Waals surface area contributed by atoms with Crippen LogP contribution in [0.15, 0.2) is 53.1 Å². The molecule has 7 nitrogen and oxygen atoms in total. The summed E-state index contributed by atoms with van der Waals surface area (Å²) in [6.45, 7) is 8.59. The summed E-state index contributed by atoms with van der Waals surface area (Å²) >= 11 is 0. The third-order valence-corrected chi connectivity index (χ3v) is 5.55. The average molecular weight is 368 g/mol. The number of nitrogens with zero attached hydrogens (tertiary/aromatic N) is 4. The van der Waals surface area contributed by atoms with E-state index in [9.17, 15) is 0 Å². The first-order valence-electron chi connectivity index (χ1n) is 9.84. The zero-order chi connectivity index (χ0) is 18.5. The summed E-state index contributed by atoms with van der Waals surface area (Å²) in [5, 5.41) is 12.5. The van der Waals surface area contributed by atoms with Crippen molar-refractivity contribution in [2.75, 3.05) is 26.2 Å². The molecule has 0 unspecified atom stereocenters. The first-order valence-corrected chi connectivity index (χ1v) is 9.84. The van der Waals surface area contributed by atoms with Crippen LogP contribution >= 0.6 is 0 Å². The molecular weight excluding hydrogens is 340 g/mol. The minimum Gasteiger partial charge on any atom is -0.467 e. The van der Waals surface area contributed by atoms with Crippen molar-refractivity contribution >= 4 is 0 Å². The van der Waals surface area contributed by atoms with E-state index in [0.717, 1.165) is 37.6 Å². The molecule has 2 N–H and O–H groups in total. The van der Waals surface area contributed by atoms with E-state index >= 15 is 0 Å². The molecule has 1 aliphatic rings. The van der Waals surface area contributed by atoms with Gasteiger partial charge in [-0.1, -0.05) is 37.3 Å². The molecule has 0 radical (unpaired) electrons. The fourth-order valence-corrected chi connectivity index (χ4v) is 4.11. The Bertz CT molecular complexity index is 808. The van der Waals surface area contributed by atoms with E-state index in [4.69, 9.17) is 4.42 Å². The van der Waals surface area contributed by atoms with E-state index in [2.05, 4.69) is 52.8 Å². The number of nitrogens with one attached hydrogen (secondary N) is 2. The normalized spacial score (nSPS) is 21.2. The molecule has 4 rings (SSSR count). The fraction of sp³-hybridized carbons (Fsp3) is 0.450. The van der Waals surface area contributed by atoms with Crippen molar-refractivity contribution in [2.45, 2.75) is 32.5 Å². The molecule has 0 bridgehead atoms. The van der Waals surface area contributed by atoms with Crippen molar-refractivity contribution in [2.24, 2.45) is 0 Å². The summed E-state index contributed by atoms with van der Waals surface area (Å²) < 4.78 is 7.36. The summed E-state index contributed by atoms with van der Waals surface area (Å²) in [4.78, 5) is 3.25. The Morgan fingerprint density at radius 1 is 1.07 bits per heavy atom. The van der Waals surface area contributed by atoms with E-state index in [1.54, 1.807) is 16.1 Å². The molecule has 27 heavy (non-hydrogen) atoms. The lowest BCUT2D eigenvalue weighted by molar-refractivity contribution is -1.03. The molecule has 3 aromatic rings. The molecule has 142 valence electrons. The summed E-state index contributed by atoms with van der Waals surface area (Å²) in [5.41, 5.74) is 1.42. The van der Waals surface area contributed by atoms with Gasteiger partial charge in [0, 0.05) is 12.0 Å². The predicted octanol–water partition coefficient (Wildman–Crippen LogP) is -0.251. The van der Waals surface area contributed by atoms with Gasteiger partial charge in [-0.2, -0.15) is 0 Å². The van der Waals surface area contributed by atoms with Crippen LogP contribution < -0.4 is 9.80 Å². The molecule has 1 aliphatic heterocycles. The molecule has 0 spiro atoms. The first kappa shape index (κ1) is 17.9. The highest BCUT2D eigenvalue weighted by Crippen LogP contribution is 2.12. The van der Waals surface area contributed by atoms with Gasteiger partial charge >= 0.3 is 0 Å². The Labute approximate surface area is 159 Å². The van der Waals surface area contributed by atoms with Crippen LogP contribution in [0.3, 0.4) is 0 Å². The number of hydrogen-bond acceptors (Lipinski definition) is 4. The molecule has 0 amide bonds. The third-order valence-electron chi connectivity index (χ3n) is 5.55. The number of furan rings is 1. The van der Waals surface area contributed by atoms with E-state index in [0.29, 0.717) is 12.6 Å². The Morgan fingerprint density at radius 2 is 1.89 bits per heavy atom. The topological polar surface area (TPSA) is 65.6 Å². The van der Waals surface area contributed by atoms with Crippen molar-refractivity contribution in [3.05, 3.63) is 65.9 Å². The van der Waals surface area contributed by atoms with Crippen molar-refractivity contribution in [1.29, 1.82) is 0 Å². The highest BCUT2D eigenvalue weighted by molar-refractivity contribution is 5.13. The fourth-order valence-electron chi connectivity index (χ4n) is 4.11. The number of piperazine rings is 1. The molecule has 1 fully saturated rings. The van der Waals surface area contributed by atoms with Gasteiger partial charge in [0.05, 0.1) is 6.26 Å². The third kappa shape index (κ3) is 4.26. The van der Waals surface area contributed by atoms with Crippen molar-refractivity contribution in [3.63, 3.8) is 0 Å². The Balaban J connectivity index is 1.39. The van der Waals surface area contributed by atoms with Gasteiger partial charge in [-0.3, -0.25) is 0 Å². The van der Waals surface area contributed by atoms with E-state index in [1.165, 1.54) is 18.7 Å². The first-order chi connectivity index (χ1) is 13.3. The number of quaternary nitrogens is 2. The Kier molecular flexibility index (Phi) is 5.60. The van der Waals surface area contributed by atoms with Gasteiger partial charge in [0.2, 0.25) is 5.82 Å². The zero-order valence-corrected chi connectivity index (χ0v) is 15.8. The van der Waals surface area contributed by atoms with Gasteiger partial charge in [0.25, 0.3) is 0 Å². The van der Waals surface area contributed by atoms with Gasteiger partial charge in [-0.15, -0.1) is 5.10 Å². The van der Waals surface area contributed by atoms with Crippen LogP contribution in [-0.4, -0.2) is 46.4 Å². The molecule has 1 aromatic carbocycles. The number of benzene rings is 1. The summed E-state index contributed by atoms with van der Waals surface area (Å²) in [5.74, 6) is 1.85. The number of tetrazole rings is 1. The second-order valence-electron chi connectivity index (χ2n) is 7.31. The van der Waals surface area contributed by atoms with E-state index < -0.39 is 0 Å². The lowest BCUT2D eigenvalue weighted by Crippen LogP contribution is -3.27. The molecule has 1 saturated heterocycles. The van der Waals surface area contributed by atoms with Crippen molar-refractivity contribution in [3.8, 4) is 0 Å². The highest BCUT2D eigenvalue weighted by atomic mass is 16.3. The summed E-state index contributed by atoms with van der Waals surface area (Å²) in [7, 11) is 0. The molecule has 1 atom stereocenters. The minimum atomic E-state index is 0.327. The zero-order valence-electron chi connectivity index (χ0n) is 15.8. The van der Waals surface area contributed by atoms with Gasteiger partial charge < -0.3 is 14.2 Å². The Morgan fingerprint density at radius 3 is 2.59 bits per heavy atom. The summed E-state index contributed by atoms with van der Waals surface area (Å²) in [6.07, 6.45) is 2.72.